The second-order valence-electron chi connectivity index (χ2n) is 8.06. The molecule has 1 aliphatic heterocycles. The minimum atomic E-state index is 0.768. The Labute approximate surface area is 203 Å². The van der Waals surface area contributed by atoms with Crippen molar-refractivity contribution in [3.63, 3.8) is 0 Å². The lowest BCUT2D eigenvalue weighted by molar-refractivity contribution is -0.665. The Morgan fingerprint density at radius 3 is 2.61 bits per heavy atom. The Morgan fingerprint density at radius 2 is 1.85 bits per heavy atom. The maximum atomic E-state index is 6.26. The number of hydrogen-bond donors (Lipinski definition) is 0. The summed E-state index contributed by atoms with van der Waals surface area (Å²) in [6.45, 7) is 5.24. The van der Waals surface area contributed by atoms with Crippen molar-refractivity contribution in [2.75, 3.05) is 11.9 Å². The number of rotatable bonds is 5. The smallest absolute Gasteiger partial charge is 0.263 e. The summed E-state index contributed by atoms with van der Waals surface area (Å²) < 4.78 is 9.80. The molecule has 4 aromatic rings. The van der Waals surface area contributed by atoms with Gasteiger partial charge in [0.2, 0.25) is 11.4 Å². The SMILES string of the molecule is CCC(=Cc1sc2ccc(Cl)cc2[n+]1CC)C=C1Oc2ccc(-c3ccccc3)cc2N1C. The number of aromatic nitrogens is 1. The van der Waals surface area contributed by atoms with Gasteiger partial charge in [0.1, 0.15) is 11.2 Å². The predicted octanol–water partition coefficient (Wildman–Crippen LogP) is 7.69. The van der Waals surface area contributed by atoms with Crippen LogP contribution in [-0.4, -0.2) is 7.05 Å². The first-order chi connectivity index (χ1) is 16.1. The van der Waals surface area contributed by atoms with Gasteiger partial charge in [0.15, 0.2) is 5.75 Å². The molecule has 0 N–H and O–H groups in total. The molecule has 0 aliphatic carbocycles. The van der Waals surface area contributed by atoms with E-state index in [1.54, 1.807) is 11.3 Å². The molecule has 1 aromatic heterocycles. The third-order valence-corrected chi connectivity index (χ3v) is 7.35. The number of halogens is 1. The van der Waals surface area contributed by atoms with E-state index in [1.807, 2.05) is 18.2 Å². The summed E-state index contributed by atoms with van der Waals surface area (Å²) in [4.78, 5) is 2.13. The van der Waals surface area contributed by atoms with Crippen molar-refractivity contribution in [3.05, 3.63) is 94.3 Å². The van der Waals surface area contributed by atoms with Gasteiger partial charge in [-0.2, -0.15) is 4.57 Å². The number of anilines is 1. The Bertz CT molecular complexity index is 1390. The molecule has 1 aliphatic rings. The zero-order chi connectivity index (χ0) is 22.9. The van der Waals surface area contributed by atoms with Gasteiger partial charge < -0.3 is 9.64 Å². The lowest BCUT2D eigenvalue weighted by atomic mass is 10.0. The quantitative estimate of drug-likeness (QED) is 0.276. The van der Waals surface area contributed by atoms with E-state index >= 15 is 0 Å². The van der Waals surface area contributed by atoms with Crippen LogP contribution in [0.1, 0.15) is 25.3 Å². The van der Waals surface area contributed by atoms with E-state index in [0.717, 1.165) is 35.3 Å². The summed E-state index contributed by atoms with van der Waals surface area (Å²) in [5.74, 6) is 1.73. The number of allylic oxidation sites excluding steroid dienone is 2. The molecule has 2 heterocycles. The highest BCUT2D eigenvalue weighted by Gasteiger charge is 2.24. The Balaban J connectivity index is 1.49. The molecule has 0 fully saturated rings. The molecule has 5 rings (SSSR count). The molecule has 0 spiro atoms. The first kappa shape index (κ1) is 21.7. The second kappa shape index (κ2) is 9.05. The molecular weight excluding hydrogens is 448 g/mol. The zero-order valence-corrected chi connectivity index (χ0v) is 20.6. The van der Waals surface area contributed by atoms with E-state index in [-0.39, 0.29) is 0 Å². The fourth-order valence-electron chi connectivity index (χ4n) is 4.17. The molecule has 0 bridgehead atoms. The molecule has 33 heavy (non-hydrogen) atoms. The minimum Gasteiger partial charge on any atom is -0.439 e. The van der Waals surface area contributed by atoms with E-state index in [4.69, 9.17) is 16.3 Å². The minimum absolute atomic E-state index is 0.768. The van der Waals surface area contributed by atoms with Crippen LogP contribution < -0.4 is 14.2 Å². The molecule has 0 radical (unpaired) electrons. The van der Waals surface area contributed by atoms with Crippen LogP contribution in [0, 0.1) is 0 Å². The highest BCUT2D eigenvalue weighted by atomic mass is 35.5. The zero-order valence-electron chi connectivity index (χ0n) is 19.0. The number of nitrogens with zero attached hydrogens (tertiary/aromatic N) is 2. The summed E-state index contributed by atoms with van der Waals surface area (Å²) >= 11 is 8.05. The summed E-state index contributed by atoms with van der Waals surface area (Å²) in [5.41, 5.74) is 5.87. The van der Waals surface area contributed by atoms with Gasteiger partial charge in [0.05, 0.1) is 5.69 Å². The maximum Gasteiger partial charge on any atom is 0.263 e. The van der Waals surface area contributed by atoms with Gasteiger partial charge in [-0.3, -0.25) is 0 Å². The molecule has 3 nitrogen and oxygen atoms in total. The lowest BCUT2D eigenvalue weighted by Gasteiger charge is -2.12. The second-order valence-corrected chi connectivity index (χ2v) is 9.56. The first-order valence-electron chi connectivity index (χ1n) is 11.2. The van der Waals surface area contributed by atoms with Crippen molar-refractivity contribution < 1.29 is 9.30 Å². The lowest BCUT2D eigenvalue weighted by Crippen LogP contribution is -2.33. The summed E-state index contributed by atoms with van der Waals surface area (Å²) in [5, 5.41) is 1.98. The Morgan fingerprint density at radius 1 is 1.03 bits per heavy atom. The van der Waals surface area contributed by atoms with Crippen molar-refractivity contribution in [3.8, 4) is 16.9 Å². The van der Waals surface area contributed by atoms with Crippen LogP contribution in [0.5, 0.6) is 5.75 Å². The molecule has 3 aromatic carbocycles. The van der Waals surface area contributed by atoms with Gasteiger partial charge in [0.25, 0.3) is 5.01 Å². The van der Waals surface area contributed by atoms with Crippen molar-refractivity contribution in [1.29, 1.82) is 0 Å². The molecule has 0 saturated heterocycles. The van der Waals surface area contributed by atoms with Crippen LogP contribution in [0.15, 0.2) is 84.3 Å². The van der Waals surface area contributed by atoms with Crippen LogP contribution in [-0.2, 0) is 6.54 Å². The summed E-state index contributed by atoms with van der Waals surface area (Å²) in [6.07, 6.45) is 5.33. The predicted molar refractivity (Wildman–Crippen MR) is 140 cm³/mol. The van der Waals surface area contributed by atoms with E-state index in [9.17, 15) is 0 Å². The van der Waals surface area contributed by atoms with Crippen LogP contribution in [0.3, 0.4) is 0 Å². The normalized spacial score (nSPS) is 14.7. The van der Waals surface area contributed by atoms with Gasteiger partial charge >= 0.3 is 0 Å². The number of aryl methyl sites for hydroxylation is 1. The van der Waals surface area contributed by atoms with Crippen molar-refractivity contribution in [2.24, 2.45) is 0 Å². The molecule has 0 unspecified atom stereocenters. The van der Waals surface area contributed by atoms with Crippen LogP contribution in [0.4, 0.5) is 5.69 Å². The molecule has 0 atom stereocenters. The standard InChI is InChI=1S/C28H26ClN2OS/c1-4-19(16-28-31(5-2)24-18-22(29)12-14-26(24)33-28)15-27-30(3)23-17-21(11-13-25(23)32-27)20-9-7-6-8-10-20/h6-18H,4-5H2,1-3H3/q+1. The number of ether oxygens (including phenoxy) is 1. The number of thiazole rings is 1. The summed E-state index contributed by atoms with van der Waals surface area (Å²) in [6, 6.07) is 22.9. The van der Waals surface area contributed by atoms with Crippen molar-refractivity contribution in [2.45, 2.75) is 26.8 Å². The van der Waals surface area contributed by atoms with Crippen LogP contribution >= 0.6 is 22.9 Å². The number of fused-ring (bicyclic) bond motifs is 2. The van der Waals surface area contributed by atoms with Gasteiger partial charge in [-0.25, -0.2) is 0 Å². The molecule has 0 saturated carbocycles. The van der Waals surface area contributed by atoms with Crippen molar-refractivity contribution >= 4 is 44.9 Å². The van der Waals surface area contributed by atoms with Gasteiger partial charge in [-0.15, -0.1) is 0 Å². The molecule has 5 heteroatoms. The number of hydrogen-bond acceptors (Lipinski definition) is 3. The summed E-state index contributed by atoms with van der Waals surface area (Å²) in [7, 11) is 2.06. The van der Waals surface area contributed by atoms with Gasteiger partial charge in [-0.1, -0.05) is 66.3 Å². The average molecular weight is 474 g/mol. The van der Waals surface area contributed by atoms with Gasteiger partial charge in [0, 0.05) is 30.3 Å². The first-order valence-corrected chi connectivity index (χ1v) is 12.4. The maximum absolute atomic E-state index is 6.26. The van der Waals surface area contributed by atoms with E-state index in [0.29, 0.717) is 0 Å². The van der Waals surface area contributed by atoms with Crippen LogP contribution in [0.2, 0.25) is 5.02 Å². The largest absolute Gasteiger partial charge is 0.439 e. The van der Waals surface area contributed by atoms with Crippen molar-refractivity contribution in [1.82, 2.24) is 0 Å². The van der Waals surface area contributed by atoms with Gasteiger partial charge in [-0.05, 0) is 54.3 Å². The van der Waals surface area contributed by atoms with E-state index < -0.39 is 0 Å². The highest BCUT2D eigenvalue weighted by Crippen LogP contribution is 2.41. The molecular formula is C28H26ClN2OS+. The van der Waals surface area contributed by atoms with E-state index in [1.165, 1.54) is 31.9 Å². The molecule has 0 amide bonds. The number of benzene rings is 3. The fourth-order valence-corrected chi connectivity index (χ4v) is 5.52. The third-order valence-electron chi connectivity index (χ3n) is 6.01. The average Bonchev–Trinajstić information content (AvgIpc) is 3.34. The highest BCUT2D eigenvalue weighted by molar-refractivity contribution is 7.18. The molecule has 166 valence electrons. The topological polar surface area (TPSA) is 16.4 Å². The third kappa shape index (κ3) is 4.17. The van der Waals surface area contributed by atoms with E-state index in [2.05, 4.69) is 91.0 Å². The fraction of sp³-hybridized carbons (Fsp3) is 0.179. The van der Waals surface area contributed by atoms with Crippen LogP contribution in [0.25, 0.3) is 27.4 Å². The Kier molecular flexibility index (Phi) is 5.96. The monoisotopic (exact) mass is 473 g/mol. The Hall–Kier alpha value is -3.08.